The Morgan fingerprint density at radius 1 is 1.46 bits per heavy atom. The second-order valence-electron chi connectivity index (χ2n) is 3.17. The maximum Gasteiger partial charge on any atom is 0.174 e. The maximum absolute atomic E-state index is 9.96. The average Bonchev–Trinajstić information content (AvgIpc) is 2.53. The highest BCUT2D eigenvalue weighted by Crippen LogP contribution is 2.32. The molecule has 0 amide bonds. The van der Waals surface area contributed by atoms with E-state index in [1.807, 2.05) is 6.07 Å². The zero-order valence-electron chi connectivity index (χ0n) is 7.96. The Morgan fingerprint density at radius 2 is 2.08 bits per heavy atom. The van der Waals surface area contributed by atoms with Crippen LogP contribution in [0.25, 0.3) is 0 Å². The first-order chi connectivity index (χ1) is 6.20. The van der Waals surface area contributed by atoms with Gasteiger partial charge in [0.25, 0.3) is 0 Å². The molecule has 3 heteroatoms. The number of hydrogen-bond donors (Lipinski definition) is 1. The molecule has 0 aliphatic heterocycles. The highest BCUT2D eigenvalue weighted by molar-refractivity contribution is 9.10. The second kappa shape index (κ2) is 4.82. The van der Waals surface area contributed by atoms with Gasteiger partial charge in [0.2, 0.25) is 0 Å². The second-order valence-corrected chi connectivity index (χ2v) is 3.89. The van der Waals surface area contributed by atoms with E-state index in [1.165, 1.54) is 0 Å². The van der Waals surface area contributed by atoms with Crippen molar-refractivity contribution in [2.75, 3.05) is 0 Å². The molecule has 2 nitrogen and oxygen atoms in total. The summed E-state index contributed by atoms with van der Waals surface area (Å²) >= 11 is 3.27. The van der Waals surface area contributed by atoms with Crippen LogP contribution in [0.15, 0.2) is 21.4 Å². The van der Waals surface area contributed by atoms with E-state index in [2.05, 4.69) is 29.8 Å². The number of aliphatic hydroxyl groups is 1. The van der Waals surface area contributed by atoms with Crippen LogP contribution in [0.2, 0.25) is 0 Å². The van der Waals surface area contributed by atoms with Crippen LogP contribution in [0.5, 0.6) is 0 Å². The Balaban J connectivity index is 2.77. The number of furan rings is 1. The highest BCUT2D eigenvalue weighted by atomic mass is 79.9. The molecule has 0 radical (unpaired) electrons. The summed E-state index contributed by atoms with van der Waals surface area (Å²) in [5.41, 5.74) is 0.855. The molecular formula is C10H15BrO2. The lowest BCUT2D eigenvalue weighted by Crippen LogP contribution is -2.10. The molecule has 0 aliphatic rings. The number of rotatable bonds is 4. The van der Waals surface area contributed by atoms with E-state index in [0.29, 0.717) is 10.6 Å². The minimum atomic E-state index is -0.414. The van der Waals surface area contributed by atoms with Crippen molar-refractivity contribution in [1.82, 2.24) is 0 Å². The number of halogens is 1. The molecule has 0 bridgehead atoms. The van der Waals surface area contributed by atoms with Gasteiger partial charge in [0, 0.05) is 5.56 Å². The van der Waals surface area contributed by atoms with E-state index in [9.17, 15) is 5.11 Å². The van der Waals surface area contributed by atoms with Crippen molar-refractivity contribution in [3.8, 4) is 0 Å². The minimum Gasteiger partial charge on any atom is -0.457 e. The lowest BCUT2D eigenvalue weighted by molar-refractivity contribution is 0.102. The third kappa shape index (κ3) is 2.35. The monoisotopic (exact) mass is 246 g/mol. The molecule has 13 heavy (non-hydrogen) atoms. The standard InChI is InChI=1S/C10H15BrO2/c1-3-7(4-2)9(12)8-5-6-13-10(8)11/h5-7,9,12H,3-4H2,1-2H3. The van der Waals surface area contributed by atoms with Gasteiger partial charge in [-0.15, -0.1) is 0 Å². The Morgan fingerprint density at radius 3 is 2.46 bits per heavy atom. The highest BCUT2D eigenvalue weighted by Gasteiger charge is 2.21. The normalized spacial score (nSPS) is 13.6. The summed E-state index contributed by atoms with van der Waals surface area (Å²) in [6.45, 7) is 4.18. The van der Waals surface area contributed by atoms with E-state index >= 15 is 0 Å². The molecular weight excluding hydrogens is 232 g/mol. The lowest BCUT2D eigenvalue weighted by Gasteiger charge is -2.18. The fraction of sp³-hybridized carbons (Fsp3) is 0.600. The summed E-state index contributed by atoms with van der Waals surface area (Å²) < 4.78 is 5.73. The van der Waals surface area contributed by atoms with Crippen LogP contribution in [-0.4, -0.2) is 5.11 Å². The van der Waals surface area contributed by atoms with Crippen LogP contribution in [0.4, 0.5) is 0 Å². The van der Waals surface area contributed by atoms with Gasteiger partial charge >= 0.3 is 0 Å². The molecule has 1 aromatic rings. The van der Waals surface area contributed by atoms with Crippen molar-refractivity contribution in [1.29, 1.82) is 0 Å². The molecule has 0 saturated carbocycles. The van der Waals surface area contributed by atoms with Crippen LogP contribution < -0.4 is 0 Å². The van der Waals surface area contributed by atoms with E-state index in [1.54, 1.807) is 6.26 Å². The molecule has 0 saturated heterocycles. The Kier molecular flexibility index (Phi) is 4.00. The topological polar surface area (TPSA) is 33.4 Å². The van der Waals surface area contributed by atoms with Crippen molar-refractivity contribution >= 4 is 15.9 Å². The summed E-state index contributed by atoms with van der Waals surface area (Å²) in [7, 11) is 0. The summed E-state index contributed by atoms with van der Waals surface area (Å²) in [5, 5.41) is 9.96. The smallest absolute Gasteiger partial charge is 0.174 e. The first-order valence-electron chi connectivity index (χ1n) is 4.61. The summed E-state index contributed by atoms with van der Waals surface area (Å²) in [6, 6.07) is 1.81. The SMILES string of the molecule is CCC(CC)C(O)c1ccoc1Br. The van der Waals surface area contributed by atoms with Gasteiger partial charge in [0.15, 0.2) is 4.67 Å². The van der Waals surface area contributed by atoms with Gasteiger partial charge in [-0.3, -0.25) is 0 Å². The number of aliphatic hydroxyl groups excluding tert-OH is 1. The molecule has 1 heterocycles. The minimum absolute atomic E-state index is 0.314. The third-order valence-electron chi connectivity index (χ3n) is 2.46. The predicted octanol–water partition coefficient (Wildman–Crippen LogP) is 3.51. The van der Waals surface area contributed by atoms with Gasteiger partial charge in [-0.05, 0) is 27.9 Å². The van der Waals surface area contributed by atoms with Gasteiger partial charge in [-0.1, -0.05) is 26.7 Å². The molecule has 0 aliphatic carbocycles. The van der Waals surface area contributed by atoms with E-state index in [4.69, 9.17) is 4.42 Å². The molecule has 1 N–H and O–H groups in total. The van der Waals surface area contributed by atoms with E-state index in [0.717, 1.165) is 18.4 Å². The zero-order valence-corrected chi connectivity index (χ0v) is 9.54. The Bertz CT molecular complexity index is 253. The first-order valence-corrected chi connectivity index (χ1v) is 5.40. The van der Waals surface area contributed by atoms with Gasteiger partial charge in [0.05, 0.1) is 12.4 Å². The molecule has 1 aromatic heterocycles. The molecule has 0 fully saturated rings. The van der Waals surface area contributed by atoms with Crippen molar-refractivity contribution in [2.24, 2.45) is 5.92 Å². The van der Waals surface area contributed by atoms with Crippen molar-refractivity contribution in [2.45, 2.75) is 32.8 Å². The zero-order chi connectivity index (χ0) is 9.84. The molecule has 74 valence electrons. The fourth-order valence-electron chi connectivity index (χ4n) is 1.50. The van der Waals surface area contributed by atoms with Crippen molar-refractivity contribution in [3.05, 3.63) is 22.6 Å². The van der Waals surface area contributed by atoms with Gasteiger partial charge in [0.1, 0.15) is 0 Å². The van der Waals surface area contributed by atoms with Crippen LogP contribution in [0.1, 0.15) is 38.4 Å². The fourth-order valence-corrected chi connectivity index (χ4v) is 1.98. The van der Waals surface area contributed by atoms with Crippen LogP contribution in [-0.2, 0) is 0 Å². The van der Waals surface area contributed by atoms with Gasteiger partial charge < -0.3 is 9.52 Å². The lowest BCUT2D eigenvalue weighted by atomic mass is 9.93. The quantitative estimate of drug-likeness (QED) is 0.883. The molecule has 1 unspecified atom stereocenters. The number of hydrogen-bond acceptors (Lipinski definition) is 2. The van der Waals surface area contributed by atoms with E-state index < -0.39 is 6.10 Å². The molecule has 1 atom stereocenters. The van der Waals surface area contributed by atoms with Crippen LogP contribution in [0, 0.1) is 5.92 Å². The van der Waals surface area contributed by atoms with E-state index in [-0.39, 0.29) is 0 Å². The molecule has 1 rings (SSSR count). The molecule has 0 spiro atoms. The maximum atomic E-state index is 9.96. The molecule has 0 aromatic carbocycles. The largest absolute Gasteiger partial charge is 0.457 e. The summed E-state index contributed by atoms with van der Waals surface area (Å²) in [4.78, 5) is 0. The van der Waals surface area contributed by atoms with Crippen molar-refractivity contribution in [3.63, 3.8) is 0 Å². The Hall–Kier alpha value is -0.280. The van der Waals surface area contributed by atoms with Gasteiger partial charge in [-0.2, -0.15) is 0 Å². The average molecular weight is 247 g/mol. The van der Waals surface area contributed by atoms with Crippen LogP contribution >= 0.6 is 15.9 Å². The first kappa shape index (κ1) is 10.8. The van der Waals surface area contributed by atoms with Crippen LogP contribution in [0.3, 0.4) is 0 Å². The summed E-state index contributed by atoms with van der Waals surface area (Å²) in [6.07, 6.45) is 3.14. The summed E-state index contributed by atoms with van der Waals surface area (Å²) in [5.74, 6) is 0.314. The Labute approximate surface area is 87.1 Å². The predicted molar refractivity (Wildman–Crippen MR) is 55.4 cm³/mol. The van der Waals surface area contributed by atoms with Crippen molar-refractivity contribution < 1.29 is 9.52 Å². The third-order valence-corrected chi connectivity index (χ3v) is 3.10. The van der Waals surface area contributed by atoms with Gasteiger partial charge in [-0.25, -0.2) is 0 Å².